The van der Waals surface area contributed by atoms with E-state index in [1.54, 1.807) is 0 Å². The van der Waals surface area contributed by atoms with Gasteiger partial charge >= 0.3 is 0 Å². The normalized spacial score (nSPS) is 11.7. The summed E-state index contributed by atoms with van der Waals surface area (Å²) in [6.45, 7) is 0. The summed E-state index contributed by atoms with van der Waals surface area (Å²) in [6, 6.07) is 77.4. The summed E-state index contributed by atoms with van der Waals surface area (Å²) < 4.78 is 5.15. The summed E-state index contributed by atoms with van der Waals surface area (Å²) in [5.41, 5.74) is 15.2. The molecule has 1 nitrogen and oxygen atoms in total. The van der Waals surface area contributed by atoms with Crippen LogP contribution in [-0.4, -0.2) is 4.98 Å². The molecule has 12 rings (SSSR count). The molecule has 0 atom stereocenters. The number of benzene rings is 9. The molecule has 0 saturated carbocycles. The van der Waals surface area contributed by atoms with E-state index >= 15 is 0 Å². The molecule has 0 aliphatic heterocycles. The van der Waals surface area contributed by atoms with E-state index in [1.165, 1.54) is 101 Å². The highest BCUT2D eigenvalue weighted by Crippen LogP contribution is 2.46. The van der Waals surface area contributed by atoms with Gasteiger partial charge in [-0.25, -0.2) is 4.98 Å². The summed E-state index contributed by atoms with van der Waals surface area (Å²) in [6.07, 6.45) is 0. The SMILES string of the molecule is c1ccc(-c2cc(-c3ccc(-c4nc5cccc(-c6ccccc6)c5c5c4sc4ccccc45)cc3)cc(-c3cccc(-c4cccc5c4sc4ccccc45)c3)c2)cc1. The number of hydrogen-bond donors (Lipinski definition) is 0. The second-order valence-electron chi connectivity index (χ2n) is 15.4. The van der Waals surface area contributed by atoms with Crippen molar-refractivity contribution in [2.45, 2.75) is 0 Å². The predicted molar refractivity (Wildman–Crippen MR) is 260 cm³/mol. The van der Waals surface area contributed by atoms with E-state index in [9.17, 15) is 0 Å². The number of thiophene rings is 2. The number of hydrogen-bond acceptors (Lipinski definition) is 3. The Morgan fingerprint density at radius 3 is 1.55 bits per heavy atom. The van der Waals surface area contributed by atoms with Crippen molar-refractivity contribution in [3.8, 4) is 66.9 Å². The van der Waals surface area contributed by atoms with Crippen molar-refractivity contribution in [2.75, 3.05) is 0 Å². The quantitative estimate of drug-likeness (QED) is 0.163. The van der Waals surface area contributed by atoms with Gasteiger partial charge in [-0.3, -0.25) is 0 Å². The third-order valence-electron chi connectivity index (χ3n) is 11.9. The van der Waals surface area contributed by atoms with Crippen molar-refractivity contribution in [3.63, 3.8) is 0 Å². The Labute approximate surface area is 356 Å². The van der Waals surface area contributed by atoms with Crippen LogP contribution in [0.3, 0.4) is 0 Å². The number of fused-ring (bicyclic) bond motifs is 8. The zero-order valence-corrected chi connectivity index (χ0v) is 34.1. The standard InChI is InChI=1S/C57H35NS2/c1-3-14-36(15-4-1)42-33-43(35-44(34-42)40-18-11-19-41(32-40)46-23-12-24-48-47-20-7-9-26-51(47)59-56(46)48)37-28-30-39(31-29-37)55-57-54(49-21-8-10-27-52(49)60-57)53-45(22-13-25-50(53)58-55)38-16-5-2-6-17-38/h1-35H. The monoisotopic (exact) mass is 797 g/mol. The molecular formula is C57H35NS2. The van der Waals surface area contributed by atoms with Gasteiger partial charge in [-0.15, -0.1) is 22.7 Å². The topological polar surface area (TPSA) is 12.9 Å². The average Bonchev–Trinajstić information content (AvgIpc) is 3.91. The van der Waals surface area contributed by atoms with Crippen LogP contribution < -0.4 is 0 Å². The molecule has 0 bridgehead atoms. The maximum absolute atomic E-state index is 5.44. The van der Waals surface area contributed by atoms with Crippen LogP contribution in [0, 0.1) is 0 Å². The van der Waals surface area contributed by atoms with Crippen LogP contribution in [0.2, 0.25) is 0 Å². The molecule has 12 aromatic rings. The van der Waals surface area contributed by atoms with Gasteiger partial charge < -0.3 is 0 Å². The molecule has 280 valence electrons. The van der Waals surface area contributed by atoms with E-state index < -0.39 is 0 Å². The Bertz CT molecular complexity index is 3580. The second kappa shape index (κ2) is 14.3. The Balaban J connectivity index is 0.985. The lowest BCUT2D eigenvalue weighted by Gasteiger charge is -2.14. The Kier molecular flexibility index (Phi) is 8.29. The molecule has 9 aromatic carbocycles. The smallest absolute Gasteiger partial charge is 0.0888 e. The van der Waals surface area contributed by atoms with Crippen LogP contribution in [0.4, 0.5) is 0 Å². The highest BCUT2D eigenvalue weighted by molar-refractivity contribution is 7.26. The molecule has 0 aliphatic rings. The van der Waals surface area contributed by atoms with Crippen molar-refractivity contribution in [3.05, 3.63) is 212 Å². The maximum Gasteiger partial charge on any atom is 0.0888 e. The van der Waals surface area contributed by atoms with Crippen molar-refractivity contribution in [2.24, 2.45) is 0 Å². The average molecular weight is 798 g/mol. The van der Waals surface area contributed by atoms with Crippen LogP contribution in [0.15, 0.2) is 212 Å². The van der Waals surface area contributed by atoms with Crippen LogP contribution >= 0.6 is 22.7 Å². The molecule has 0 N–H and O–H groups in total. The first-order valence-electron chi connectivity index (χ1n) is 20.4. The van der Waals surface area contributed by atoms with Gasteiger partial charge in [-0.05, 0) is 98.1 Å². The third kappa shape index (κ3) is 5.85. The lowest BCUT2D eigenvalue weighted by atomic mass is 9.91. The van der Waals surface area contributed by atoms with Crippen molar-refractivity contribution < 1.29 is 0 Å². The van der Waals surface area contributed by atoms with E-state index in [1.807, 2.05) is 22.7 Å². The van der Waals surface area contributed by atoms with Crippen LogP contribution in [0.1, 0.15) is 0 Å². The fraction of sp³-hybridized carbons (Fsp3) is 0. The summed E-state index contributed by atoms with van der Waals surface area (Å²) in [4.78, 5) is 5.44. The molecule has 3 heteroatoms. The van der Waals surface area contributed by atoms with E-state index in [-0.39, 0.29) is 0 Å². The van der Waals surface area contributed by atoms with Gasteiger partial charge in [0.25, 0.3) is 0 Å². The Morgan fingerprint density at radius 2 is 0.783 bits per heavy atom. The summed E-state index contributed by atoms with van der Waals surface area (Å²) >= 11 is 3.72. The first-order chi connectivity index (χ1) is 29.7. The molecule has 3 heterocycles. The van der Waals surface area contributed by atoms with Crippen molar-refractivity contribution in [1.29, 1.82) is 0 Å². The maximum atomic E-state index is 5.44. The number of rotatable bonds is 6. The third-order valence-corrected chi connectivity index (χ3v) is 14.3. The highest BCUT2D eigenvalue weighted by atomic mass is 32.1. The molecule has 0 unspecified atom stereocenters. The van der Waals surface area contributed by atoms with Gasteiger partial charge in [0.2, 0.25) is 0 Å². The van der Waals surface area contributed by atoms with E-state index in [0.29, 0.717) is 0 Å². The van der Waals surface area contributed by atoms with Gasteiger partial charge in [0.05, 0.1) is 15.9 Å². The minimum Gasteiger partial charge on any atom is -0.246 e. The van der Waals surface area contributed by atoms with Gasteiger partial charge in [0.1, 0.15) is 0 Å². The Hall–Kier alpha value is -7.17. The van der Waals surface area contributed by atoms with E-state index in [4.69, 9.17) is 4.98 Å². The predicted octanol–water partition coefficient (Wildman–Crippen LogP) is 17.0. The summed E-state index contributed by atoms with van der Waals surface area (Å²) in [5.74, 6) is 0. The first-order valence-corrected chi connectivity index (χ1v) is 22.0. The first kappa shape index (κ1) is 34.8. The fourth-order valence-electron chi connectivity index (χ4n) is 9.00. The molecule has 0 aliphatic carbocycles. The lowest BCUT2D eigenvalue weighted by Crippen LogP contribution is -1.91. The van der Waals surface area contributed by atoms with Crippen LogP contribution in [0.25, 0.3) is 118 Å². The fourth-order valence-corrected chi connectivity index (χ4v) is 11.5. The number of nitrogens with zero attached hydrogens (tertiary/aromatic N) is 1. The van der Waals surface area contributed by atoms with Gasteiger partial charge in [0, 0.05) is 46.6 Å². The van der Waals surface area contributed by atoms with E-state index in [0.717, 1.165) is 16.8 Å². The zero-order chi connectivity index (χ0) is 39.6. The van der Waals surface area contributed by atoms with Crippen LogP contribution in [0.5, 0.6) is 0 Å². The van der Waals surface area contributed by atoms with Crippen molar-refractivity contribution in [1.82, 2.24) is 4.98 Å². The zero-order valence-electron chi connectivity index (χ0n) is 32.5. The summed E-state index contributed by atoms with van der Waals surface area (Å²) in [7, 11) is 0. The summed E-state index contributed by atoms with van der Waals surface area (Å²) in [5, 5.41) is 6.42. The van der Waals surface area contributed by atoms with Crippen molar-refractivity contribution >= 4 is 73.9 Å². The molecule has 0 fully saturated rings. The molecule has 0 spiro atoms. The number of pyridine rings is 1. The minimum atomic E-state index is 1.01. The molecule has 0 saturated heterocycles. The van der Waals surface area contributed by atoms with Gasteiger partial charge in [-0.1, -0.05) is 170 Å². The van der Waals surface area contributed by atoms with E-state index in [2.05, 4.69) is 212 Å². The number of aromatic nitrogens is 1. The highest BCUT2D eigenvalue weighted by Gasteiger charge is 2.19. The lowest BCUT2D eigenvalue weighted by molar-refractivity contribution is 1.43. The minimum absolute atomic E-state index is 1.01. The molecule has 0 radical (unpaired) electrons. The Morgan fingerprint density at radius 1 is 0.283 bits per heavy atom. The largest absolute Gasteiger partial charge is 0.246 e. The van der Waals surface area contributed by atoms with Gasteiger partial charge in [0.15, 0.2) is 0 Å². The molecule has 0 amide bonds. The van der Waals surface area contributed by atoms with Crippen LogP contribution in [-0.2, 0) is 0 Å². The molecule has 60 heavy (non-hydrogen) atoms. The van der Waals surface area contributed by atoms with Gasteiger partial charge in [-0.2, -0.15) is 0 Å². The molecular weight excluding hydrogens is 763 g/mol. The second-order valence-corrected chi connectivity index (χ2v) is 17.5. The molecule has 3 aromatic heterocycles.